The van der Waals surface area contributed by atoms with Gasteiger partial charge in [0.15, 0.2) is 0 Å². The maximum absolute atomic E-state index is 4.57. The van der Waals surface area contributed by atoms with Gasteiger partial charge in [-0.15, -0.1) is 0 Å². The SMILES string of the molecule is Cc1cnc(-c2ccc3ccc(-c4ccccc4)cc3c2)c(C)n1. The summed E-state index contributed by atoms with van der Waals surface area (Å²) in [5.74, 6) is 0. The van der Waals surface area contributed by atoms with Crippen LogP contribution in [0, 0.1) is 13.8 Å². The molecule has 0 aliphatic carbocycles. The van der Waals surface area contributed by atoms with Crippen molar-refractivity contribution in [2.24, 2.45) is 0 Å². The zero-order valence-electron chi connectivity index (χ0n) is 13.8. The molecule has 4 rings (SSSR count). The number of hydrogen-bond donors (Lipinski definition) is 0. The molecule has 116 valence electrons. The summed E-state index contributed by atoms with van der Waals surface area (Å²) in [6.45, 7) is 3.98. The van der Waals surface area contributed by atoms with Crippen LogP contribution in [0.2, 0.25) is 0 Å². The van der Waals surface area contributed by atoms with Crippen LogP contribution in [0.15, 0.2) is 72.9 Å². The summed E-state index contributed by atoms with van der Waals surface area (Å²) in [6, 6.07) is 23.5. The highest BCUT2D eigenvalue weighted by atomic mass is 14.8. The number of aryl methyl sites for hydroxylation is 2. The maximum atomic E-state index is 4.57. The first-order valence-electron chi connectivity index (χ1n) is 8.10. The van der Waals surface area contributed by atoms with E-state index < -0.39 is 0 Å². The van der Waals surface area contributed by atoms with Crippen LogP contribution in [0.25, 0.3) is 33.2 Å². The lowest BCUT2D eigenvalue weighted by atomic mass is 9.99. The molecule has 24 heavy (non-hydrogen) atoms. The van der Waals surface area contributed by atoms with Crippen LogP contribution in [0.5, 0.6) is 0 Å². The molecular weight excluding hydrogens is 292 g/mol. The first-order valence-corrected chi connectivity index (χ1v) is 8.10. The van der Waals surface area contributed by atoms with Gasteiger partial charge in [-0.2, -0.15) is 0 Å². The molecule has 2 heteroatoms. The summed E-state index contributed by atoms with van der Waals surface area (Å²) >= 11 is 0. The van der Waals surface area contributed by atoms with E-state index in [1.165, 1.54) is 21.9 Å². The molecule has 0 aliphatic rings. The van der Waals surface area contributed by atoms with Gasteiger partial charge in [-0.25, -0.2) is 0 Å². The Balaban J connectivity index is 1.85. The number of rotatable bonds is 2. The number of benzene rings is 3. The summed E-state index contributed by atoms with van der Waals surface area (Å²) in [7, 11) is 0. The highest BCUT2D eigenvalue weighted by Gasteiger charge is 2.07. The van der Waals surface area contributed by atoms with Crippen molar-refractivity contribution in [2.45, 2.75) is 13.8 Å². The van der Waals surface area contributed by atoms with Gasteiger partial charge in [-0.3, -0.25) is 9.97 Å². The number of aromatic nitrogens is 2. The number of fused-ring (bicyclic) bond motifs is 1. The standard InChI is InChI=1S/C22H18N2/c1-15-14-23-22(16(2)24-15)20-11-9-18-8-10-19(12-21(18)13-20)17-6-4-3-5-7-17/h3-14H,1-2H3. The Morgan fingerprint density at radius 1 is 0.667 bits per heavy atom. The van der Waals surface area contributed by atoms with Crippen molar-refractivity contribution < 1.29 is 0 Å². The molecule has 0 atom stereocenters. The van der Waals surface area contributed by atoms with Crippen LogP contribution in [-0.2, 0) is 0 Å². The van der Waals surface area contributed by atoms with Crippen LogP contribution < -0.4 is 0 Å². The minimum atomic E-state index is 0.948. The minimum absolute atomic E-state index is 0.948. The van der Waals surface area contributed by atoms with E-state index in [9.17, 15) is 0 Å². The van der Waals surface area contributed by atoms with E-state index in [1.54, 1.807) is 0 Å². The summed E-state index contributed by atoms with van der Waals surface area (Å²) in [5.41, 5.74) is 6.44. The Bertz CT molecular complexity index is 1020. The monoisotopic (exact) mass is 310 g/mol. The first-order chi connectivity index (χ1) is 11.7. The fourth-order valence-electron chi connectivity index (χ4n) is 3.09. The van der Waals surface area contributed by atoms with E-state index >= 15 is 0 Å². The van der Waals surface area contributed by atoms with Gasteiger partial charge in [0.05, 0.1) is 17.1 Å². The third-order valence-electron chi connectivity index (χ3n) is 4.29. The van der Waals surface area contributed by atoms with Crippen LogP contribution in [0.3, 0.4) is 0 Å². The minimum Gasteiger partial charge on any atom is -0.255 e. The van der Waals surface area contributed by atoms with Gasteiger partial charge in [-0.1, -0.05) is 54.6 Å². The molecule has 3 aromatic carbocycles. The Morgan fingerprint density at radius 2 is 1.38 bits per heavy atom. The third-order valence-corrected chi connectivity index (χ3v) is 4.29. The fourth-order valence-corrected chi connectivity index (χ4v) is 3.09. The third kappa shape index (κ3) is 2.67. The first kappa shape index (κ1) is 14.6. The molecule has 0 bridgehead atoms. The molecule has 1 aromatic heterocycles. The molecule has 1 heterocycles. The van der Waals surface area contributed by atoms with Crippen LogP contribution in [0.4, 0.5) is 0 Å². The zero-order valence-corrected chi connectivity index (χ0v) is 13.8. The molecule has 0 saturated carbocycles. The maximum Gasteiger partial charge on any atom is 0.0914 e. The van der Waals surface area contributed by atoms with E-state index in [1.807, 2.05) is 26.1 Å². The lowest BCUT2D eigenvalue weighted by Gasteiger charge is -2.08. The van der Waals surface area contributed by atoms with E-state index in [-0.39, 0.29) is 0 Å². The van der Waals surface area contributed by atoms with E-state index in [4.69, 9.17) is 0 Å². The van der Waals surface area contributed by atoms with Gasteiger partial charge in [0, 0.05) is 11.8 Å². The van der Waals surface area contributed by atoms with Crippen LogP contribution >= 0.6 is 0 Å². The summed E-state index contributed by atoms with van der Waals surface area (Å²) in [4.78, 5) is 9.11. The summed E-state index contributed by atoms with van der Waals surface area (Å²) in [5, 5.41) is 2.45. The van der Waals surface area contributed by atoms with Crippen LogP contribution in [-0.4, -0.2) is 9.97 Å². The molecule has 4 aromatic rings. The lowest BCUT2D eigenvalue weighted by molar-refractivity contribution is 1.06. The molecule has 2 nitrogen and oxygen atoms in total. The topological polar surface area (TPSA) is 25.8 Å². The van der Waals surface area contributed by atoms with Crippen molar-refractivity contribution in [1.29, 1.82) is 0 Å². The largest absolute Gasteiger partial charge is 0.255 e. The van der Waals surface area contributed by atoms with Crippen LogP contribution in [0.1, 0.15) is 11.4 Å². The van der Waals surface area contributed by atoms with Crippen molar-refractivity contribution in [1.82, 2.24) is 9.97 Å². The van der Waals surface area contributed by atoms with Crippen molar-refractivity contribution in [3.8, 4) is 22.4 Å². The second-order valence-corrected chi connectivity index (χ2v) is 6.09. The molecule has 0 amide bonds. The number of hydrogen-bond acceptors (Lipinski definition) is 2. The van der Waals surface area contributed by atoms with Gasteiger partial charge >= 0.3 is 0 Å². The van der Waals surface area contributed by atoms with Gasteiger partial charge in [-0.05, 0) is 47.9 Å². The molecule has 0 radical (unpaired) electrons. The van der Waals surface area contributed by atoms with Crippen molar-refractivity contribution >= 4 is 10.8 Å². The molecule has 0 N–H and O–H groups in total. The van der Waals surface area contributed by atoms with E-state index in [0.29, 0.717) is 0 Å². The second-order valence-electron chi connectivity index (χ2n) is 6.09. The summed E-state index contributed by atoms with van der Waals surface area (Å²) in [6.07, 6.45) is 1.83. The van der Waals surface area contributed by atoms with E-state index in [2.05, 4.69) is 70.6 Å². The van der Waals surface area contributed by atoms with Crippen molar-refractivity contribution in [3.05, 3.63) is 84.3 Å². The average Bonchev–Trinajstić information content (AvgIpc) is 2.61. The molecule has 0 spiro atoms. The molecule has 0 unspecified atom stereocenters. The smallest absolute Gasteiger partial charge is 0.0914 e. The Morgan fingerprint density at radius 3 is 2.12 bits per heavy atom. The molecule has 0 saturated heterocycles. The van der Waals surface area contributed by atoms with Gasteiger partial charge in [0.25, 0.3) is 0 Å². The van der Waals surface area contributed by atoms with Gasteiger partial charge < -0.3 is 0 Å². The summed E-state index contributed by atoms with van der Waals surface area (Å²) < 4.78 is 0. The average molecular weight is 310 g/mol. The highest BCUT2D eigenvalue weighted by molar-refractivity contribution is 5.90. The predicted molar refractivity (Wildman–Crippen MR) is 99.9 cm³/mol. The Labute approximate surface area is 141 Å². The van der Waals surface area contributed by atoms with Crippen molar-refractivity contribution in [2.75, 3.05) is 0 Å². The lowest BCUT2D eigenvalue weighted by Crippen LogP contribution is -1.94. The van der Waals surface area contributed by atoms with E-state index in [0.717, 1.165) is 22.6 Å². The van der Waals surface area contributed by atoms with Gasteiger partial charge in [0.2, 0.25) is 0 Å². The normalized spacial score (nSPS) is 10.9. The Kier molecular flexibility index (Phi) is 3.58. The highest BCUT2D eigenvalue weighted by Crippen LogP contribution is 2.28. The van der Waals surface area contributed by atoms with Crippen molar-refractivity contribution in [3.63, 3.8) is 0 Å². The quantitative estimate of drug-likeness (QED) is 0.483. The predicted octanol–water partition coefficient (Wildman–Crippen LogP) is 5.58. The number of nitrogens with zero attached hydrogens (tertiary/aromatic N) is 2. The Hall–Kier alpha value is -3.00. The molecular formula is C22H18N2. The fraction of sp³-hybridized carbons (Fsp3) is 0.0909. The van der Waals surface area contributed by atoms with Gasteiger partial charge in [0.1, 0.15) is 0 Å². The molecule has 0 fully saturated rings. The second kappa shape index (κ2) is 5.89. The molecule has 0 aliphatic heterocycles. The zero-order chi connectivity index (χ0) is 16.5.